The van der Waals surface area contributed by atoms with Gasteiger partial charge in [-0.3, -0.25) is 9.59 Å². The molecule has 0 spiro atoms. The molecule has 1 unspecified atom stereocenters. The second-order valence-corrected chi connectivity index (χ2v) is 6.22. The maximum absolute atomic E-state index is 12.5. The number of hydrogen-bond acceptors (Lipinski definition) is 4. The Hall–Kier alpha value is -2.04. The van der Waals surface area contributed by atoms with Crippen LogP contribution in [-0.4, -0.2) is 42.6 Å². The second-order valence-electron chi connectivity index (χ2n) is 6.22. The highest BCUT2D eigenvalue weighted by atomic mass is 16.5. The Balaban J connectivity index is 1.88. The van der Waals surface area contributed by atoms with Crippen LogP contribution in [0.4, 0.5) is 0 Å². The van der Waals surface area contributed by atoms with Crippen LogP contribution in [0.5, 0.6) is 5.75 Å². The maximum Gasteiger partial charge on any atom is 0.310 e. The monoisotopic (exact) mass is 333 g/mol. The van der Waals surface area contributed by atoms with Crippen molar-refractivity contribution < 1.29 is 19.1 Å². The van der Waals surface area contributed by atoms with Crippen molar-refractivity contribution in [1.82, 2.24) is 4.90 Å². The van der Waals surface area contributed by atoms with Gasteiger partial charge in [-0.1, -0.05) is 26.0 Å². The molecule has 24 heavy (non-hydrogen) atoms. The molecule has 132 valence electrons. The molecule has 0 aliphatic heterocycles. The van der Waals surface area contributed by atoms with Gasteiger partial charge in [0.2, 0.25) is 0 Å². The van der Waals surface area contributed by atoms with E-state index in [1.807, 2.05) is 24.3 Å². The molecule has 1 amide bonds. The minimum Gasteiger partial charge on any atom is -0.484 e. The van der Waals surface area contributed by atoms with Gasteiger partial charge in [0.05, 0.1) is 12.5 Å². The van der Waals surface area contributed by atoms with E-state index in [1.54, 1.807) is 18.7 Å². The molecule has 0 aromatic heterocycles. The zero-order valence-corrected chi connectivity index (χ0v) is 14.8. The minimum atomic E-state index is -0.321. The summed E-state index contributed by atoms with van der Waals surface area (Å²) in [6.45, 7) is 6.42. The number of rotatable bonds is 9. The molecule has 1 aliphatic rings. The predicted molar refractivity (Wildman–Crippen MR) is 91.8 cm³/mol. The van der Waals surface area contributed by atoms with Crippen molar-refractivity contribution in [1.29, 1.82) is 0 Å². The third-order valence-corrected chi connectivity index (χ3v) is 4.16. The Morgan fingerprint density at radius 3 is 2.42 bits per heavy atom. The van der Waals surface area contributed by atoms with Gasteiger partial charge < -0.3 is 14.4 Å². The highest BCUT2D eigenvalue weighted by molar-refractivity contribution is 5.79. The zero-order valence-electron chi connectivity index (χ0n) is 14.8. The lowest BCUT2D eigenvalue weighted by Crippen LogP contribution is -2.41. The Labute approximate surface area is 143 Å². The molecule has 1 aromatic carbocycles. The first-order valence-electron chi connectivity index (χ1n) is 8.73. The topological polar surface area (TPSA) is 55.8 Å². The van der Waals surface area contributed by atoms with E-state index >= 15 is 0 Å². The van der Waals surface area contributed by atoms with Crippen molar-refractivity contribution in [3.8, 4) is 5.75 Å². The van der Waals surface area contributed by atoms with E-state index in [4.69, 9.17) is 9.47 Å². The van der Waals surface area contributed by atoms with Gasteiger partial charge in [0.15, 0.2) is 6.61 Å². The summed E-state index contributed by atoms with van der Waals surface area (Å²) in [6, 6.07) is 8.01. The molecular weight excluding hydrogens is 306 g/mol. The number of nitrogens with zero attached hydrogens (tertiary/aromatic N) is 1. The van der Waals surface area contributed by atoms with Crippen LogP contribution in [0.3, 0.4) is 0 Å². The number of amides is 1. The van der Waals surface area contributed by atoms with Gasteiger partial charge in [0.25, 0.3) is 5.91 Å². The lowest BCUT2D eigenvalue weighted by atomic mass is 10.1. The molecule has 5 nitrogen and oxygen atoms in total. The number of carbonyl (C=O) groups is 2. The molecule has 0 N–H and O–H groups in total. The Bertz CT molecular complexity index is 551. The molecule has 1 aliphatic carbocycles. The smallest absolute Gasteiger partial charge is 0.310 e. The van der Waals surface area contributed by atoms with E-state index in [0.29, 0.717) is 18.9 Å². The van der Waals surface area contributed by atoms with Gasteiger partial charge in [-0.15, -0.1) is 0 Å². The van der Waals surface area contributed by atoms with Crippen LogP contribution in [0.1, 0.15) is 39.2 Å². The highest BCUT2D eigenvalue weighted by Crippen LogP contribution is 2.28. The summed E-state index contributed by atoms with van der Waals surface area (Å²) in [5, 5.41) is 0. The van der Waals surface area contributed by atoms with Gasteiger partial charge in [0.1, 0.15) is 5.75 Å². The van der Waals surface area contributed by atoms with Gasteiger partial charge in [-0.2, -0.15) is 0 Å². The van der Waals surface area contributed by atoms with Crippen LogP contribution in [0.25, 0.3) is 0 Å². The van der Waals surface area contributed by atoms with E-state index in [9.17, 15) is 9.59 Å². The van der Waals surface area contributed by atoms with Crippen LogP contribution >= 0.6 is 0 Å². The van der Waals surface area contributed by atoms with Crippen molar-refractivity contribution in [3.05, 3.63) is 29.8 Å². The maximum atomic E-state index is 12.5. The summed E-state index contributed by atoms with van der Waals surface area (Å²) in [7, 11) is 0. The average molecular weight is 333 g/mol. The lowest BCUT2D eigenvalue weighted by molar-refractivity contribution is -0.149. The molecule has 0 heterocycles. The molecule has 0 saturated heterocycles. The van der Waals surface area contributed by atoms with Crippen LogP contribution in [-0.2, 0) is 20.7 Å². The van der Waals surface area contributed by atoms with Crippen molar-refractivity contribution in [3.63, 3.8) is 0 Å². The molecule has 1 saturated carbocycles. The van der Waals surface area contributed by atoms with E-state index in [2.05, 4.69) is 6.92 Å². The molecule has 5 heteroatoms. The summed E-state index contributed by atoms with van der Waals surface area (Å²) in [5.41, 5.74) is 1.23. The third-order valence-electron chi connectivity index (χ3n) is 4.16. The quantitative estimate of drug-likeness (QED) is 0.652. The standard InChI is InChI=1S/C19H27NO4/c1-4-15-6-10-17(11-7-15)24-13-18(21)20(16-8-9-16)12-14(3)19(22)23-5-2/h6-7,10-11,14,16H,4-5,8-9,12-13H2,1-3H3. The van der Waals surface area contributed by atoms with Gasteiger partial charge in [0, 0.05) is 12.6 Å². The second kappa shape index (κ2) is 8.71. The van der Waals surface area contributed by atoms with Gasteiger partial charge in [-0.05, 0) is 43.9 Å². The highest BCUT2D eigenvalue weighted by Gasteiger charge is 2.34. The Kier molecular flexibility index (Phi) is 6.64. The van der Waals surface area contributed by atoms with E-state index < -0.39 is 0 Å². The molecule has 1 atom stereocenters. The fraction of sp³-hybridized carbons (Fsp3) is 0.579. The molecular formula is C19H27NO4. The SMILES string of the molecule is CCOC(=O)C(C)CN(C(=O)COc1ccc(CC)cc1)C1CC1. The molecule has 1 aromatic rings. The molecule has 0 radical (unpaired) electrons. The summed E-state index contributed by atoms with van der Waals surface area (Å²) >= 11 is 0. The molecule has 0 bridgehead atoms. The molecule has 1 fully saturated rings. The molecule has 2 rings (SSSR count). The number of esters is 1. The van der Waals surface area contributed by atoms with Crippen LogP contribution in [0.15, 0.2) is 24.3 Å². The largest absolute Gasteiger partial charge is 0.484 e. The van der Waals surface area contributed by atoms with Crippen LogP contribution in [0, 0.1) is 5.92 Å². The van der Waals surface area contributed by atoms with Gasteiger partial charge in [-0.25, -0.2) is 0 Å². The van der Waals surface area contributed by atoms with E-state index in [-0.39, 0.29) is 30.4 Å². The van der Waals surface area contributed by atoms with Crippen molar-refractivity contribution in [2.24, 2.45) is 5.92 Å². The summed E-state index contributed by atoms with van der Waals surface area (Å²) < 4.78 is 10.6. The first kappa shape index (κ1) is 18.3. The van der Waals surface area contributed by atoms with E-state index in [1.165, 1.54) is 5.56 Å². The predicted octanol–water partition coefficient (Wildman–Crippen LogP) is 2.82. The number of benzene rings is 1. The van der Waals surface area contributed by atoms with Crippen molar-refractivity contribution >= 4 is 11.9 Å². The zero-order chi connectivity index (χ0) is 17.5. The average Bonchev–Trinajstić information content (AvgIpc) is 3.42. The first-order chi connectivity index (χ1) is 11.5. The fourth-order valence-corrected chi connectivity index (χ4v) is 2.54. The van der Waals surface area contributed by atoms with Crippen LogP contribution < -0.4 is 4.74 Å². The Morgan fingerprint density at radius 2 is 1.88 bits per heavy atom. The van der Waals surface area contributed by atoms with Crippen LogP contribution in [0.2, 0.25) is 0 Å². The van der Waals surface area contributed by atoms with Gasteiger partial charge >= 0.3 is 5.97 Å². The number of aryl methyl sites for hydroxylation is 1. The number of hydrogen-bond donors (Lipinski definition) is 0. The number of ether oxygens (including phenoxy) is 2. The van der Waals surface area contributed by atoms with Crippen molar-refractivity contribution in [2.45, 2.75) is 46.1 Å². The lowest BCUT2D eigenvalue weighted by Gasteiger charge is -2.25. The van der Waals surface area contributed by atoms with Crippen molar-refractivity contribution in [2.75, 3.05) is 19.8 Å². The summed E-state index contributed by atoms with van der Waals surface area (Å²) in [6.07, 6.45) is 2.96. The Morgan fingerprint density at radius 1 is 1.21 bits per heavy atom. The number of carbonyl (C=O) groups excluding carboxylic acids is 2. The first-order valence-corrected chi connectivity index (χ1v) is 8.73. The third kappa shape index (κ3) is 5.25. The van der Waals surface area contributed by atoms with E-state index in [0.717, 1.165) is 19.3 Å². The summed E-state index contributed by atoms with van der Waals surface area (Å²) in [5.74, 6) is 0.0355. The minimum absolute atomic E-state index is 0.00246. The fourth-order valence-electron chi connectivity index (χ4n) is 2.54. The summed E-state index contributed by atoms with van der Waals surface area (Å²) in [4.78, 5) is 26.0. The normalized spacial score (nSPS) is 14.8.